The fourth-order valence-corrected chi connectivity index (χ4v) is 2.98. The molecule has 2 N–H and O–H groups in total. The summed E-state index contributed by atoms with van der Waals surface area (Å²) >= 11 is 1.32. The third-order valence-electron chi connectivity index (χ3n) is 3.20. The van der Waals surface area contributed by atoms with E-state index < -0.39 is 0 Å². The van der Waals surface area contributed by atoms with Crippen LogP contribution in [0.15, 0.2) is 6.33 Å². The average Bonchev–Trinajstić information content (AvgIpc) is 3.08. The SMILES string of the molecule is COCc1nnc(NC(=O)CN2CCc3nc[nH]c3C2)s1. The molecule has 1 aliphatic heterocycles. The number of hydrogen-bond donors (Lipinski definition) is 2. The summed E-state index contributed by atoms with van der Waals surface area (Å²) in [5.41, 5.74) is 2.19. The molecular weight excluding hydrogens is 292 g/mol. The lowest BCUT2D eigenvalue weighted by Gasteiger charge is -2.24. The first-order valence-corrected chi connectivity index (χ1v) is 7.41. The van der Waals surface area contributed by atoms with Gasteiger partial charge in [-0.25, -0.2) is 4.98 Å². The van der Waals surface area contributed by atoms with Crippen molar-refractivity contribution in [1.82, 2.24) is 25.1 Å². The number of H-pyrrole nitrogens is 1. The van der Waals surface area contributed by atoms with Crippen molar-refractivity contribution in [3.8, 4) is 0 Å². The number of carbonyl (C=O) groups is 1. The molecule has 112 valence electrons. The molecule has 0 saturated carbocycles. The largest absolute Gasteiger partial charge is 0.377 e. The number of ether oxygens (including phenoxy) is 1. The Morgan fingerprint density at radius 1 is 1.57 bits per heavy atom. The summed E-state index contributed by atoms with van der Waals surface area (Å²) in [5.74, 6) is -0.0851. The molecule has 0 aromatic carbocycles. The number of imidazole rings is 1. The van der Waals surface area contributed by atoms with E-state index in [-0.39, 0.29) is 5.91 Å². The van der Waals surface area contributed by atoms with Crippen molar-refractivity contribution in [1.29, 1.82) is 0 Å². The standard InChI is InChI=1S/C12H16N6O2S/c1-20-6-11-16-17-12(21-11)15-10(19)5-18-3-2-8-9(4-18)14-7-13-8/h7H,2-6H2,1H3,(H,13,14)(H,15,17,19). The fraction of sp³-hybridized carbons (Fsp3) is 0.500. The Bertz CT molecular complexity index is 625. The minimum atomic E-state index is -0.0851. The maximum Gasteiger partial charge on any atom is 0.240 e. The normalized spacial score (nSPS) is 14.9. The Hall–Kier alpha value is -1.84. The first-order valence-electron chi connectivity index (χ1n) is 6.59. The smallest absolute Gasteiger partial charge is 0.240 e. The van der Waals surface area contributed by atoms with Crippen LogP contribution in [0.5, 0.6) is 0 Å². The van der Waals surface area contributed by atoms with Gasteiger partial charge in [0.15, 0.2) is 0 Å². The zero-order chi connectivity index (χ0) is 14.7. The number of aromatic nitrogens is 4. The number of anilines is 1. The van der Waals surface area contributed by atoms with Crippen molar-refractivity contribution in [2.45, 2.75) is 19.6 Å². The number of amides is 1. The molecule has 0 unspecified atom stereocenters. The summed E-state index contributed by atoms with van der Waals surface area (Å²) in [4.78, 5) is 21.5. The van der Waals surface area contributed by atoms with Gasteiger partial charge < -0.3 is 9.72 Å². The van der Waals surface area contributed by atoms with Crippen LogP contribution in [0.25, 0.3) is 0 Å². The van der Waals surface area contributed by atoms with E-state index in [4.69, 9.17) is 4.74 Å². The number of carbonyl (C=O) groups excluding carboxylic acids is 1. The molecule has 3 rings (SSSR count). The molecule has 8 nitrogen and oxygen atoms in total. The molecule has 2 aromatic heterocycles. The molecule has 0 atom stereocenters. The lowest BCUT2D eigenvalue weighted by Crippen LogP contribution is -2.37. The van der Waals surface area contributed by atoms with E-state index in [1.54, 1.807) is 13.4 Å². The van der Waals surface area contributed by atoms with Crippen LogP contribution in [0, 0.1) is 0 Å². The van der Waals surface area contributed by atoms with Gasteiger partial charge >= 0.3 is 0 Å². The Morgan fingerprint density at radius 2 is 2.48 bits per heavy atom. The van der Waals surface area contributed by atoms with Crippen LogP contribution in [-0.2, 0) is 29.1 Å². The second-order valence-corrected chi connectivity index (χ2v) is 5.83. The van der Waals surface area contributed by atoms with Crippen molar-refractivity contribution in [2.24, 2.45) is 0 Å². The molecular formula is C12H16N6O2S. The van der Waals surface area contributed by atoms with Crippen LogP contribution < -0.4 is 5.32 Å². The van der Waals surface area contributed by atoms with Gasteiger partial charge in [0.2, 0.25) is 11.0 Å². The summed E-state index contributed by atoms with van der Waals surface area (Å²) in [6.45, 7) is 2.28. The van der Waals surface area contributed by atoms with Crippen LogP contribution >= 0.6 is 11.3 Å². The fourth-order valence-electron chi connectivity index (χ4n) is 2.25. The lowest BCUT2D eigenvalue weighted by molar-refractivity contribution is -0.117. The lowest BCUT2D eigenvalue weighted by atomic mass is 10.1. The topological polar surface area (TPSA) is 96.0 Å². The average molecular weight is 308 g/mol. The van der Waals surface area contributed by atoms with E-state index >= 15 is 0 Å². The molecule has 0 aliphatic carbocycles. The van der Waals surface area contributed by atoms with Crippen LogP contribution in [0.4, 0.5) is 5.13 Å². The maximum absolute atomic E-state index is 12.0. The van der Waals surface area contributed by atoms with Gasteiger partial charge in [0, 0.05) is 26.6 Å². The summed E-state index contributed by atoms with van der Waals surface area (Å²) < 4.78 is 4.97. The van der Waals surface area contributed by atoms with E-state index in [9.17, 15) is 4.79 Å². The quantitative estimate of drug-likeness (QED) is 0.830. The zero-order valence-electron chi connectivity index (χ0n) is 11.6. The number of aromatic amines is 1. The molecule has 21 heavy (non-hydrogen) atoms. The van der Waals surface area contributed by atoms with Crippen molar-refractivity contribution >= 4 is 22.4 Å². The first-order chi connectivity index (χ1) is 10.2. The number of methoxy groups -OCH3 is 1. The van der Waals surface area contributed by atoms with Gasteiger partial charge in [0.05, 0.1) is 24.3 Å². The van der Waals surface area contributed by atoms with Crippen LogP contribution in [0.2, 0.25) is 0 Å². The Balaban J connectivity index is 1.52. The Morgan fingerprint density at radius 3 is 3.33 bits per heavy atom. The van der Waals surface area contributed by atoms with Gasteiger partial charge in [-0.2, -0.15) is 0 Å². The number of rotatable bonds is 5. The molecule has 9 heteroatoms. The zero-order valence-corrected chi connectivity index (χ0v) is 12.4. The van der Waals surface area contributed by atoms with E-state index in [0.29, 0.717) is 24.8 Å². The Kier molecular flexibility index (Phi) is 4.23. The minimum absolute atomic E-state index is 0.0851. The third-order valence-corrected chi connectivity index (χ3v) is 4.01. The predicted octanol–water partition coefficient (Wildman–Crippen LogP) is 0.404. The highest BCUT2D eigenvalue weighted by Gasteiger charge is 2.20. The maximum atomic E-state index is 12.0. The van der Waals surface area contributed by atoms with Gasteiger partial charge in [-0.15, -0.1) is 10.2 Å². The van der Waals surface area contributed by atoms with E-state index in [2.05, 4.69) is 30.4 Å². The molecule has 0 bridgehead atoms. The van der Waals surface area contributed by atoms with E-state index in [1.165, 1.54) is 11.3 Å². The van der Waals surface area contributed by atoms with Crippen molar-refractivity contribution in [3.63, 3.8) is 0 Å². The van der Waals surface area contributed by atoms with Crippen LogP contribution in [0.3, 0.4) is 0 Å². The minimum Gasteiger partial charge on any atom is -0.377 e. The molecule has 3 heterocycles. The van der Waals surface area contributed by atoms with Gasteiger partial charge in [-0.05, 0) is 0 Å². The second-order valence-electron chi connectivity index (χ2n) is 4.77. The van der Waals surface area contributed by atoms with Crippen molar-refractivity contribution < 1.29 is 9.53 Å². The molecule has 1 aliphatic rings. The second kappa shape index (κ2) is 6.29. The number of hydrogen-bond acceptors (Lipinski definition) is 7. The monoisotopic (exact) mass is 308 g/mol. The number of nitrogens with one attached hydrogen (secondary N) is 2. The highest BCUT2D eigenvalue weighted by molar-refractivity contribution is 7.15. The molecule has 0 fully saturated rings. The van der Waals surface area contributed by atoms with Crippen LogP contribution in [0.1, 0.15) is 16.4 Å². The van der Waals surface area contributed by atoms with Gasteiger partial charge in [0.25, 0.3) is 0 Å². The molecule has 0 radical (unpaired) electrons. The molecule has 1 amide bonds. The molecule has 0 saturated heterocycles. The van der Waals surface area contributed by atoms with E-state index in [1.807, 2.05) is 0 Å². The first kappa shape index (κ1) is 14.1. The van der Waals surface area contributed by atoms with Crippen LogP contribution in [-0.4, -0.2) is 51.2 Å². The van der Waals surface area contributed by atoms with Gasteiger partial charge in [0.1, 0.15) is 11.6 Å². The van der Waals surface area contributed by atoms with Crippen molar-refractivity contribution in [3.05, 3.63) is 22.7 Å². The van der Waals surface area contributed by atoms with Crippen molar-refractivity contribution in [2.75, 3.05) is 25.5 Å². The Labute approximate surface area is 125 Å². The highest BCUT2D eigenvalue weighted by Crippen LogP contribution is 2.17. The third kappa shape index (κ3) is 3.43. The highest BCUT2D eigenvalue weighted by atomic mass is 32.1. The molecule has 0 spiro atoms. The molecule has 2 aromatic rings. The van der Waals surface area contributed by atoms with Gasteiger partial charge in [-0.1, -0.05) is 11.3 Å². The summed E-state index contributed by atoms with van der Waals surface area (Å²) in [6.07, 6.45) is 2.57. The number of nitrogens with zero attached hydrogens (tertiary/aromatic N) is 4. The summed E-state index contributed by atoms with van der Waals surface area (Å²) in [7, 11) is 1.60. The van der Waals surface area contributed by atoms with E-state index in [0.717, 1.165) is 29.4 Å². The summed E-state index contributed by atoms with van der Waals surface area (Å²) in [6, 6.07) is 0. The summed E-state index contributed by atoms with van der Waals surface area (Å²) in [5, 5.41) is 11.9. The number of fused-ring (bicyclic) bond motifs is 1. The predicted molar refractivity (Wildman–Crippen MR) is 76.8 cm³/mol. The van der Waals surface area contributed by atoms with Gasteiger partial charge in [-0.3, -0.25) is 15.0 Å².